The van der Waals surface area contributed by atoms with Crippen molar-refractivity contribution in [1.82, 2.24) is 9.97 Å². The molecule has 0 radical (unpaired) electrons. The molecule has 0 saturated carbocycles. The highest BCUT2D eigenvalue weighted by atomic mass is 19.4. The maximum atomic E-state index is 12.8. The number of rotatable bonds is 4. The van der Waals surface area contributed by atoms with E-state index < -0.39 is 12.1 Å². The largest absolute Gasteiger partial charge is 0.542 e. The van der Waals surface area contributed by atoms with Crippen molar-refractivity contribution in [1.29, 1.82) is 0 Å². The number of nitrogens with zero attached hydrogens (tertiary/aromatic N) is 2. The molecule has 3 aromatic rings. The van der Waals surface area contributed by atoms with Crippen LogP contribution in [0.5, 0.6) is 0 Å². The van der Waals surface area contributed by atoms with E-state index in [9.17, 15) is 18.0 Å². The van der Waals surface area contributed by atoms with E-state index in [2.05, 4.69) is 28.3 Å². The van der Waals surface area contributed by atoms with Gasteiger partial charge in [0.25, 0.3) is 0 Å². The number of hydrogen-bond acceptors (Lipinski definition) is 5. The van der Waals surface area contributed by atoms with Gasteiger partial charge in [-0.3, -0.25) is 10.1 Å². The van der Waals surface area contributed by atoms with Gasteiger partial charge in [0, 0.05) is 11.8 Å². The van der Waals surface area contributed by atoms with Gasteiger partial charge in [0.05, 0.1) is 19.4 Å². The first kappa shape index (κ1) is 24.1. The molecule has 0 aliphatic carbocycles. The molecule has 1 aliphatic heterocycles. The number of carbonyl (C=O) groups is 2. The quantitative estimate of drug-likeness (QED) is 0.445. The number of aromatic amines is 1. The van der Waals surface area contributed by atoms with E-state index in [1.54, 1.807) is 12.3 Å². The van der Waals surface area contributed by atoms with Crippen LogP contribution in [0.2, 0.25) is 0 Å². The number of quaternary nitrogens is 1. The number of aryl methyl sites for hydroxylation is 1. The van der Waals surface area contributed by atoms with Gasteiger partial charge in [0.2, 0.25) is 5.69 Å². The first-order chi connectivity index (χ1) is 15.7. The number of H-pyrrole nitrogens is 1. The molecule has 0 unspecified atom stereocenters. The molecule has 0 spiro atoms. The summed E-state index contributed by atoms with van der Waals surface area (Å²) in [6, 6.07) is 9.47. The number of aromatic nitrogens is 3. The van der Waals surface area contributed by atoms with Crippen molar-refractivity contribution in [3.05, 3.63) is 59.8 Å². The molecule has 33 heavy (non-hydrogen) atoms. The average molecular weight is 466 g/mol. The van der Waals surface area contributed by atoms with Crippen molar-refractivity contribution < 1.29 is 41.9 Å². The number of imidazole rings is 1. The van der Waals surface area contributed by atoms with Gasteiger partial charge in [-0.15, -0.1) is 0 Å². The fourth-order valence-corrected chi connectivity index (χ4v) is 3.44. The average Bonchev–Trinajstić information content (AvgIpc) is 3.15. The molecule has 176 valence electrons. The van der Waals surface area contributed by atoms with Crippen molar-refractivity contribution in [2.45, 2.75) is 19.6 Å². The number of alkyl halides is 3. The van der Waals surface area contributed by atoms with Crippen LogP contribution in [-0.2, 0) is 16.1 Å². The number of halogens is 3. The zero-order valence-electron chi connectivity index (χ0n) is 17.7. The number of carboxylic acid groups (broad SMARTS) is 1. The summed E-state index contributed by atoms with van der Waals surface area (Å²) < 4.78 is 38.9. The SMILES string of the molecule is Cc1ccc[n+]2c(C(=O)Nc3ccccn3)[nH]c(C[NH+]3CCOCC3)c12.O=C([O-])C(F)(F)F. The lowest BCUT2D eigenvalue weighted by Crippen LogP contribution is -3.12. The number of morpholine rings is 1. The predicted molar refractivity (Wildman–Crippen MR) is 107 cm³/mol. The van der Waals surface area contributed by atoms with E-state index in [0.717, 1.165) is 49.6 Å². The molecule has 0 atom stereocenters. The summed E-state index contributed by atoms with van der Waals surface area (Å²) in [5, 5.41) is 11.6. The maximum Gasteiger partial charge on any atom is 0.430 e. The number of nitrogens with one attached hydrogen (secondary N) is 3. The zero-order valence-corrected chi connectivity index (χ0v) is 17.7. The lowest BCUT2D eigenvalue weighted by atomic mass is 10.2. The van der Waals surface area contributed by atoms with Gasteiger partial charge in [-0.2, -0.15) is 17.6 Å². The highest BCUT2D eigenvalue weighted by Gasteiger charge is 2.29. The Morgan fingerprint density at radius 2 is 1.94 bits per heavy atom. The molecule has 3 aromatic heterocycles. The molecule has 1 aliphatic rings. The summed E-state index contributed by atoms with van der Waals surface area (Å²) in [6.07, 6.45) is -1.61. The predicted octanol–water partition coefficient (Wildman–Crippen LogP) is -0.577. The van der Waals surface area contributed by atoms with E-state index in [-0.39, 0.29) is 5.91 Å². The Kier molecular flexibility index (Phi) is 7.61. The van der Waals surface area contributed by atoms with Gasteiger partial charge in [0.1, 0.15) is 31.4 Å². The van der Waals surface area contributed by atoms with Crippen molar-refractivity contribution in [2.75, 3.05) is 31.6 Å². The minimum absolute atomic E-state index is 0.201. The van der Waals surface area contributed by atoms with Crippen LogP contribution in [-0.4, -0.2) is 54.3 Å². The van der Waals surface area contributed by atoms with Gasteiger partial charge in [0.15, 0.2) is 5.52 Å². The number of carboxylic acids is 1. The minimum atomic E-state index is -5.19. The molecule has 12 heteroatoms. The number of aliphatic carboxylic acids is 1. The smallest absolute Gasteiger partial charge is 0.430 e. The summed E-state index contributed by atoms with van der Waals surface area (Å²) in [7, 11) is 0. The number of anilines is 1. The molecular weight excluding hydrogens is 443 g/mol. The Bertz CT molecular complexity index is 1110. The van der Waals surface area contributed by atoms with Gasteiger partial charge in [-0.05, 0) is 25.1 Å². The van der Waals surface area contributed by atoms with Crippen LogP contribution in [0, 0.1) is 6.92 Å². The molecule has 1 amide bonds. The Morgan fingerprint density at radius 1 is 1.24 bits per heavy atom. The van der Waals surface area contributed by atoms with Crippen molar-refractivity contribution in [3.8, 4) is 0 Å². The fraction of sp³-hybridized carbons (Fsp3) is 0.333. The van der Waals surface area contributed by atoms with Crippen LogP contribution >= 0.6 is 0 Å². The highest BCUT2D eigenvalue weighted by Crippen LogP contribution is 2.13. The van der Waals surface area contributed by atoms with Gasteiger partial charge in [-0.25, -0.2) is 9.97 Å². The normalized spacial score (nSPS) is 14.4. The summed E-state index contributed by atoms with van der Waals surface area (Å²) >= 11 is 0. The van der Waals surface area contributed by atoms with Gasteiger partial charge < -0.3 is 19.5 Å². The van der Waals surface area contributed by atoms with E-state index in [1.165, 1.54) is 4.90 Å². The zero-order chi connectivity index (χ0) is 24.0. The maximum absolute atomic E-state index is 12.8. The number of ether oxygens (including phenoxy) is 1. The number of hydrogen-bond donors (Lipinski definition) is 3. The van der Waals surface area contributed by atoms with E-state index in [4.69, 9.17) is 14.6 Å². The van der Waals surface area contributed by atoms with Crippen LogP contribution in [0.3, 0.4) is 0 Å². The van der Waals surface area contributed by atoms with Gasteiger partial charge >= 0.3 is 17.9 Å². The Balaban J connectivity index is 0.000000383. The Morgan fingerprint density at radius 3 is 2.55 bits per heavy atom. The first-order valence-electron chi connectivity index (χ1n) is 10.1. The molecule has 4 heterocycles. The molecule has 3 N–H and O–H groups in total. The third kappa shape index (κ3) is 6.26. The molecule has 1 fully saturated rings. The molecule has 0 bridgehead atoms. The highest BCUT2D eigenvalue weighted by molar-refractivity contribution is 6.00. The first-order valence-corrected chi connectivity index (χ1v) is 10.1. The third-order valence-electron chi connectivity index (χ3n) is 4.97. The van der Waals surface area contributed by atoms with Crippen LogP contribution in [0.1, 0.15) is 21.9 Å². The number of pyridine rings is 2. The molecule has 0 aromatic carbocycles. The van der Waals surface area contributed by atoms with E-state index in [1.807, 2.05) is 28.8 Å². The lowest BCUT2D eigenvalue weighted by Gasteiger charge is -2.22. The van der Waals surface area contributed by atoms with E-state index in [0.29, 0.717) is 11.6 Å². The second-order valence-corrected chi connectivity index (χ2v) is 7.36. The summed E-state index contributed by atoms with van der Waals surface area (Å²) in [6.45, 7) is 6.44. The summed E-state index contributed by atoms with van der Waals surface area (Å²) in [5.74, 6) is -2.16. The van der Waals surface area contributed by atoms with Crippen LogP contribution in [0.4, 0.5) is 19.0 Å². The van der Waals surface area contributed by atoms with Crippen molar-refractivity contribution >= 4 is 23.2 Å². The summed E-state index contributed by atoms with van der Waals surface area (Å²) in [4.78, 5) is 30.6. The molecule has 4 rings (SSSR count). The molecule has 1 saturated heterocycles. The van der Waals surface area contributed by atoms with Crippen molar-refractivity contribution in [3.63, 3.8) is 0 Å². The number of amides is 1. The van der Waals surface area contributed by atoms with Crippen LogP contribution in [0.25, 0.3) is 5.52 Å². The molecule has 9 nitrogen and oxygen atoms in total. The van der Waals surface area contributed by atoms with Crippen LogP contribution in [0.15, 0.2) is 42.7 Å². The van der Waals surface area contributed by atoms with E-state index >= 15 is 0 Å². The Labute approximate surface area is 186 Å². The topological polar surface area (TPSA) is 116 Å². The number of fused-ring (bicyclic) bond motifs is 1. The second kappa shape index (κ2) is 10.4. The van der Waals surface area contributed by atoms with Crippen molar-refractivity contribution in [2.24, 2.45) is 0 Å². The second-order valence-electron chi connectivity index (χ2n) is 7.36. The molecular formula is C21H23F3N5O4+. The third-order valence-corrected chi connectivity index (χ3v) is 4.97. The van der Waals surface area contributed by atoms with Gasteiger partial charge in [-0.1, -0.05) is 12.1 Å². The minimum Gasteiger partial charge on any atom is -0.542 e. The lowest BCUT2D eigenvalue weighted by molar-refractivity contribution is -0.921. The number of carbonyl (C=O) groups excluding carboxylic acids is 2. The Hall–Kier alpha value is -3.51. The standard InChI is InChI=1S/C19H21N5O2.C2HF3O2/c1-14-5-4-8-24-17(14)15(13-23-9-11-26-12-10-23)21-18(24)19(25)22-16-6-2-3-7-20-16;3-2(4,5)1(6)7/h2-8H,9-13H2,1H3,(H,20,22,25);(H,6,7)/p+1. The van der Waals surface area contributed by atoms with Crippen LogP contribution < -0.4 is 19.7 Å². The fourth-order valence-electron chi connectivity index (χ4n) is 3.44. The summed E-state index contributed by atoms with van der Waals surface area (Å²) in [5.41, 5.74) is 3.28. The monoisotopic (exact) mass is 466 g/mol.